The highest BCUT2D eigenvalue weighted by atomic mass is 16.5. The minimum Gasteiger partial charge on any atom is -0.377 e. The summed E-state index contributed by atoms with van der Waals surface area (Å²) in [5.41, 5.74) is 0. The van der Waals surface area contributed by atoms with Gasteiger partial charge in [-0.15, -0.1) is 0 Å². The Bertz CT molecular complexity index is 117. The van der Waals surface area contributed by atoms with E-state index in [0.717, 1.165) is 19.4 Å². The zero-order chi connectivity index (χ0) is 9.52. The fraction of sp³-hybridized carbons (Fsp3) is 1.00. The Morgan fingerprint density at radius 3 is 2.62 bits per heavy atom. The topological polar surface area (TPSA) is 21.3 Å². The fourth-order valence-corrected chi connectivity index (χ4v) is 1.84. The number of piperidine rings is 1. The van der Waals surface area contributed by atoms with E-state index in [2.05, 4.69) is 19.2 Å². The molecule has 1 saturated heterocycles. The van der Waals surface area contributed by atoms with Gasteiger partial charge in [0, 0.05) is 6.04 Å². The molecule has 0 radical (unpaired) electrons. The van der Waals surface area contributed by atoms with E-state index in [1.165, 1.54) is 25.8 Å². The van der Waals surface area contributed by atoms with Crippen molar-refractivity contribution in [3.63, 3.8) is 0 Å². The van der Waals surface area contributed by atoms with Gasteiger partial charge in [0.1, 0.15) is 0 Å². The molecule has 78 valence electrons. The van der Waals surface area contributed by atoms with Crippen LogP contribution in [-0.2, 0) is 4.74 Å². The third-order valence-electron chi connectivity index (χ3n) is 2.86. The Balaban J connectivity index is 2.09. The zero-order valence-corrected chi connectivity index (χ0v) is 9.01. The van der Waals surface area contributed by atoms with Gasteiger partial charge in [-0.05, 0) is 32.2 Å². The third-order valence-corrected chi connectivity index (χ3v) is 2.86. The maximum Gasteiger partial charge on any atom is 0.0623 e. The lowest BCUT2D eigenvalue weighted by Crippen LogP contribution is -2.38. The lowest BCUT2D eigenvalue weighted by Gasteiger charge is -2.25. The molecule has 13 heavy (non-hydrogen) atoms. The van der Waals surface area contributed by atoms with E-state index in [4.69, 9.17) is 4.74 Å². The molecular weight excluding hydrogens is 162 g/mol. The van der Waals surface area contributed by atoms with Crippen LogP contribution in [0, 0.1) is 0 Å². The molecule has 0 aliphatic carbocycles. The van der Waals surface area contributed by atoms with E-state index in [1.54, 1.807) is 0 Å². The van der Waals surface area contributed by atoms with Gasteiger partial charge in [-0.3, -0.25) is 0 Å². The Labute approximate surface area is 82.0 Å². The first-order valence-electron chi connectivity index (χ1n) is 5.71. The van der Waals surface area contributed by atoms with Crippen LogP contribution in [0.1, 0.15) is 46.0 Å². The molecule has 1 rings (SSSR count). The van der Waals surface area contributed by atoms with Crippen molar-refractivity contribution in [1.29, 1.82) is 0 Å². The summed E-state index contributed by atoms with van der Waals surface area (Å²) in [6, 6.07) is 0.620. The van der Waals surface area contributed by atoms with Crippen LogP contribution in [0.5, 0.6) is 0 Å². The van der Waals surface area contributed by atoms with Crippen molar-refractivity contribution in [3.8, 4) is 0 Å². The summed E-state index contributed by atoms with van der Waals surface area (Å²) < 4.78 is 5.82. The van der Waals surface area contributed by atoms with Crippen LogP contribution in [0.3, 0.4) is 0 Å². The van der Waals surface area contributed by atoms with Crippen LogP contribution in [-0.4, -0.2) is 25.3 Å². The smallest absolute Gasteiger partial charge is 0.0623 e. The van der Waals surface area contributed by atoms with E-state index in [9.17, 15) is 0 Å². The van der Waals surface area contributed by atoms with E-state index in [-0.39, 0.29) is 0 Å². The number of ether oxygens (including phenoxy) is 1. The van der Waals surface area contributed by atoms with Gasteiger partial charge in [-0.25, -0.2) is 0 Å². The van der Waals surface area contributed by atoms with Gasteiger partial charge < -0.3 is 10.1 Å². The van der Waals surface area contributed by atoms with Gasteiger partial charge in [0.25, 0.3) is 0 Å². The molecule has 0 aromatic heterocycles. The van der Waals surface area contributed by atoms with Gasteiger partial charge >= 0.3 is 0 Å². The van der Waals surface area contributed by atoms with Gasteiger partial charge in [0.15, 0.2) is 0 Å². The highest BCUT2D eigenvalue weighted by Gasteiger charge is 2.13. The molecule has 1 unspecified atom stereocenters. The summed E-state index contributed by atoms with van der Waals surface area (Å²) >= 11 is 0. The molecule has 0 aromatic carbocycles. The van der Waals surface area contributed by atoms with Crippen molar-refractivity contribution in [2.24, 2.45) is 0 Å². The summed E-state index contributed by atoms with van der Waals surface area (Å²) in [5, 5.41) is 3.50. The van der Waals surface area contributed by atoms with Crippen LogP contribution in [0.2, 0.25) is 0 Å². The zero-order valence-electron chi connectivity index (χ0n) is 9.01. The first-order chi connectivity index (χ1) is 6.36. The monoisotopic (exact) mass is 185 g/mol. The molecule has 1 aliphatic rings. The predicted octanol–water partition coefficient (Wildman–Crippen LogP) is 2.33. The van der Waals surface area contributed by atoms with Crippen LogP contribution in [0.25, 0.3) is 0 Å². The van der Waals surface area contributed by atoms with Crippen molar-refractivity contribution < 1.29 is 4.74 Å². The second-order valence-corrected chi connectivity index (χ2v) is 3.92. The average molecular weight is 185 g/mol. The van der Waals surface area contributed by atoms with Crippen molar-refractivity contribution in [3.05, 3.63) is 0 Å². The third kappa shape index (κ3) is 4.10. The van der Waals surface area contributed by atoms with E-state index >= 15 is 0 Å². The molecule has 0 aromatic rings. The molecule has 1 fully saturated rings. The number of nitrogens with one attached hydrogen (secondary N) is 1. The summed E-state index contributed by atoms with van der Waals surface area (Å²) in [7, 11) is 0. The molecule has 0 amide bonds. The van der Waals surface area contributed by atoms with Gasteiger partial charge in [0.05, 0.1) is 12.7 Å². The number of rotatable bonds is 5. The maximum atomic E-state index is 5.82. The maximum absolute atomic E-state index is 5.82. The first-order valence-corrected chi connectivity index (χ1v) is 5.71. The minimum atomic E-state index is 0.476. The first kappa shape index (κ1) is 11.0. The number of hydrogen-bond donors (Lipinski definition) is 1. The van der Waals surface area contributed by atoms with Crippen LogP contribution < -0.4 is 5.32 Å². The Hall–Kier alpha value is -0.0800. The lowest BCUT2D eigenvalue weighted by atomic mass is 10.1. The van der Waals surface area contributed by atoms with E-state index in [0.29, 0.717) is 12.1 Å². The van der Waals surface area contributed by atoms with Crippen molar-refractivity contribution in [1.82, 2.24) is 5.32 Å². The molecule has 1 heterocycles. The normalized spacial score (nSPS) is 23.8. The van der Waals surface area contributed by atoms with Gasteiger partial charge in [-0.1, -0.05) is 20.3 Å². The summed E-state index contributed by atoms with van der Waals surface area (Å²) in [4.78, 5) is 0. The van der Waals surface area contributed by atoms with Crippen molar-refractivity contribution in [2.45, 2.75) is 58.1 Å². The summed E-state index contributed by atoms with van der Waals surface area (Å²) in [5.74, 6) is 0. The van der Waals surface area contributed by atoms with Crippen molar-refractivity contribution in [2.75, 3.05) is 13.2 Å². The molecule has 2 nitrogen and oxygen atoms in total. The Morgan fingerprint density at radius 1 is 1.31 bits per heavy atom. The molecular formula is C11H23NO. The number of hydrogen-bond acceptors (Lipinski definition) is 2. The van der Waals surface area contributed by atoms with Gasteiger partial charge in [-0.2, -0.15) is 0 Å². The fourth-order valence-electron chi connectivity index (χ4n) is 1.84. The predicted molar refractivity (Wildman–Crippen MR) is 56.0 cm³/mol. The molecule has 0 saturated carbocycles. The summed E-state index contributed by atoms with van der Waals surface area (Å²) in [6.07, 6.45) is 6.75. The second-order valence-electron chi connectivity index (χ2n) is 3.92. The van der Waals surface area contributed by atoms with Crippen molar-refractivity contribution >= 4 is 0 Å². The average Bonchev–Trinajstić information content (AvgIpc) is 2.21. The van der Waals surface area contributed by atoms with Crippen LogP contribution in [0.4, 0.5) is 0 Å². The largest absolute Gasteiger partial charge is 0.377 e. The van der Waals surface area contributed by atoms with E-state index < -0.39 is 0 Å². The highest BCUT2D eigenvalue weighted by Crippen LogP contribution is 2.10. The Morgan fingerprint density at radius 2 is 2.08 bits per heavy atom. The van der Waals surface area contributed by atoms with Crippen LogP contribution in [0.15, 0.2) is 0 Å². The quantitative estimate of drug-likeness (QED) is 0.710. The molecule has 1 aliphatic heterocycles. The van der Waals surface area contributed by atoms with E-state index in [1.807, 2.05) is 0 Å². The second kappa shape index (κ2) is 6.39. The SMILES string of the molecule is CCC(CC)OCC1CCCCN1. The summed E-state index contributed by atoms with van der Waals surface area (Å²) in [6.45, 7) is 6.48. The van der Waals surface area contributed by atoms with Gasteiger partial charge in [0.2, 0.25) is 0 Å². The Kier molecular flexibility index (Phi) is 5.40. The molecule has 0 spiro atoms. The molecule has 1 atom stereocenters. The molecule has 1 N–H and O–H groups in total. The molecule has 2 heteroatoms. The molecule has 0 bridgehead atoms. The van der Waals surface area contributed by atoms with Crippen LogP contribution >= 0.6 is 0 Å². The lowest BCUT2D eigenvalue weighted by molar-refractivity contribution is 0.0294. The standard InChI is InChI=1S/C11H23NO/c1-3-11(4-2)13-9-10-7-5-6-8-12-10/h10-12H,3-9H2,1-2H3. The minimum absolute atomic E-state index is 0.476. The highest BCUT2D eigenvalue weighted by molar-refractivity contribution is 4.71.